The van der Waals surface area contributed by atoms with Gasteiger partial charge in [-0.15, -0.1) is 0 Å². The Balaban J connectivity index is 1.80. The predicted molar refractivity (Wildman–Crippen MR) is 116 cm³/mol. The summed E-state index contributed by atoms with van der Waals surface area (Å²) in [5, 5.41) is 5.48. The molecule has 2 aromatic carbocycles. The summed E-state index contributed by atoms with van der Waals surface area (Å²) >= 11 is 0. The quantitative estimate of drug-likeness (QED) is 0.507. The van der Waals surface area contributed by atoms with Crippen molar-refractivity contribution in [3.05, 3.63) is 72.3 Å². The Labute approximate surface area is 185 Å². The summed E-state index contributed by atoms with van der Waals surface area (Å²) in [4.78, 5) is 15.8. The molecule has 0 atom stereocenters. The van der Waals surface area contributed by atoms with Gasteiger partial charge in [0.1, 0.15) is 5.82 Å². The number of carbonyl (C=O) groups is 1. The zero-order valence-electron chi connectivity index (χ0n) is 17.5. The van der Waals surface area contributed by atoms with Gasteiger partial charge < -0.3 is 20.1 Å². The third kappa shape index (κ3) is 5.33. The lowest BCUT2D eigenvalue weighted by atomic mass is 10.3. The summed E-state index contributed by atoms with van der Waals surface area (Å²) < 4.78 is 50.7. The van der Waals surface area contributed by atoms with Crippen molar-refractivity contribution in [2.45, 2.75) is 16.3 Å². The molecule has 0 saturated heterocycles. The number of hydrogen-bond acceptors (Lipinski definition) is 7. The van der Waals surface area contributed by atoms with E-state index in [-0.39, 0.29) is 40.2 Å². The first-order valence-electron chi connectivity index (χ1n) is 9.51. The van der Waals surface area contributed by atoms with Gasteiger partial charge in [0, 0.05) is 25.0 Å². The molecule has 3 aromatic rings. The minimum Gasteiger partial charge on any atom is -0.493 e. The number of hydrogen-bond donors (Lipinski definition) is 2. The van der Waals surface area contributed by atoms with Gasteiger partial charge in [-0.25, -0.2) is 12.8 Å². The molecule has 0 bridgehead atoms. The summed E-state index contributed by atoms with van der Waals surface area (Å²) in [5.41, 5.74) is 0.914. The third-order valence-electron chi connectivity index (χ3n) is 4.55. The molecule has 1 heterocycles. The first-order valence-corrected chi connectivity index (χ1v) is 11.0. The Bertz CT molecular complexity index is 1200. The Hall–Kier alpha value is -3.66. The van der Waals surface area contributed by atoms with E-state index in [2.05, 4.69) is 15.6 Å². The Morgan fingerprint density at radius 3 is 2.53 bits per heavy atom. The zero-order valence-corrected chi connectivity index (χ0v) is 18.3. The van der Waals surface area contributed by atoms with Crippen LogP contribution in [0.1, 0.15) is 5.56 Å². The number of carbonyl (C=O) groups excluding carboxylic acids is 1. The normalized spacial score (nSPS) is 11.0. The van der Waals surface area contributed by atoms with Crippen LogP contribution < -0.4 is 20.1 Å². The molecule has 0 fully saturated rings. The molecule has 10 heteroatoms. The second kappa shape index (κ2) is 10.1. The van der Waals surface area contributed by atoms with E-state index in [1.807, 2.05) is 6.07 Å². The molecule has 32 heavy (non-hydrogen) atoms. The van der Waals surface area contributed by atoms with Crippen LogP contribution in [0.4, 0.5) is 10.1 Å². The lowest BCUT2D eigenvalue weighted by Gasteiger charge is -2.14. The number of ether oxygens (including phenoxy) is 2. The Morgan fingerprint density at radius 2 is 1.84 bits per heavy atom. The SMILES string of the molecule is COc1ccc(S(=O)(=O)c2cc(F)ccc2NCC(=O)NCc2cccnc2)cc1OC. The van der Waals surface area contributed by atoms with Gasteiger partial charge in [-0.1, -0.05) is 6.07 Å². The van der Waals surface area contributed by atoms with E-state index in [1.165, 1.54) is 38.5 Å². The number of amides is 1. The van der Waals surface area contributed by atoms with Crippen LogP contribution in [0, 0.1) is 5.82 Å². The maximum atomic E-state index is 13.9. The van der Waals surface area contributed by atoms with Crippen LogP contribution in [0.25, 0.3) is 0 Å². The highest BCUT2D eigenvalue weighted by Gasteiger charge is 2.24. The van der Waals surface area contributed by atoms with E-state index in [4.69, 9.17) is 9.47 Å². The molecule has 0 saturated carbocycles. The number of nitrogens with zero attached hydrogens (tertiary/aromatic N) is 1. The molecular formula is C22H22FN3O5S. The molecule has 168 valence electrons. The lowest BCUT2D eigenvalue weighted by molar-refractivity contribution is -0.119. The number of rotatable bonds is 9. The maximum Gasteiger partial charge on any atom is 0.239 e. The fourth-order valence-electron chi connectivity index (χ4n) is 2.92. The summed E-state index contributed by atoms with van der Waals surface area (Å²) in [6, 6.07) is 10.9. The molecule has 1 aromatic heterocycles. The minimum atomic E-state index is -4.13. The molecule has 0 unspecified atom stereocenters. The minimum absolute atomic E-state index is 0.0951. The van der Waals surface area contributed by atoms with Crippen molar-refractivity contribution < 1.29 is 27.1 Å². The first kappa shape index (κ1) is 23.0. The monoisotopic (exact) mass is 459 g/mol. The highest BCUT2D eigenvalue weighted by atomic mass is 32.2. The van der Waals surface area contributed by atoms with Gasteiger partial charge in [0.15, 0.2) is 11.5 Å². The van der Waals surface area contributed by atoms with E-state index >= 15 is 0 Å². The fourth-order valence-corrected chi connectivity index (χ4v) is 4.38. The molecule has 2 N–H and O–H groups in total. The van der Waals surface area contributed by atoms with E-state index < -0.39 is 15.7 Å². The first-order chi connectivity index (χ1) is 15.3. The van der Waals surface area contributed by atoms with E-state index in [0.717, 1.165) is 17.7 Å². The number of pyridine rings is 1. The summed E-state index contributed by atoms with van der Waals surface area (Å²) in [6.45, 7) is 0.0644. The van der Waals surface area contributed by atoms with Crippen molar-refractivity contribution in [3.63, 3.8) is 0 Å². The van der Waals surface area contributed by atoms with Crippen molar-refractivity contribution in [3.8, 4) is 11.5 Å². The smallest absolute Gasteiger partial charge is 0.239 e. The van der Waals surface area contributed by atoms with Crippen LogP contribution in [-0.2, 0) is 21.2 Å². The highest BCUT2D eigenvalue weighted by Crippen LogP contribution is 2.34. The van der Waals surface area contributed by atoms with E-state index in [0.29, 0.717) is 5.75 Å². The second-order valence-corrected chi connectivity index (χ2v) is 8.57. The average molecular weight is 459 g/mol. The predicted octanol–water partition coefficient (Wildman–Crippen LogP) is 2.80. The van der Waals surface area contributed by atoms with Gasteiger partial charge in [0.05, 0.1) is 36.2 Å². The second-order valence-electron chi connectivity index (χ2n) is 6.65. The van der Waals surface area contributed by atoms with E-state index in [9.17, 15) is 17.6 Å². The number of sulfone groups is 1. The lowest BCUT2D eigenvalue weighted by Crippen LogP contribution is -2.29. The number of anilines is 1. The van der Waals surface area contributed by atoms with Gasteiger partial charge in [-0.05, 0) is 42.0 Å². The van der Waals surface area contributed by atoms with Crippen LogP contribution in [0.2, 0.25) is 0 Å². The number of methoxy groups -OCH3 is 2. The number of aromatic nitrogens is 1. The number of halogens is 1. The summed E-state index contributed by atoms with van der Waals surface area (Å²) in [5.74, 6) is -0.521. The van der Waals surface area contributed by atoms with Crippen LogP contribution >= 0.6 is 0 Å². The molecule has 0 aliphatic carbocycles. The van der Waals surface area contributed by atoms with Crippen LogP contribution in [0.3, 0.4) is 0 Å². The molecule has 3 rings (SSSR count). The van der Waals surface area contributed by atoms with Gasteiger partial charge in [-0.3, -0.25) is 9.78 Å². The largest absolute Gasteiger partial charge is 0.493 e. The van der Waals surface area contributed by atoms with Crippen molar-refractivity contribution in [2.24, 2.45) is 0 Å². The zero-order chi connectivity index (χ0) is 23.1. The molecule has 8 nitrogen and oxygen atoms in total. The van der Waals surface area contributed by atoms with Crippen LogP contribution in [0.15, 0.2) is 70.7 Å². The number of benzene rings is 2. The van der Waals surface area contributed by atoms with Crippen molar-refractivity contribution in [1.82, 2.24) is 10.3 Å². The summed E-state index contributed by atoms with van der Waals surface area (Å²) in [6.07, 6.45) is 3.25. The van der Waals surface area contributed by atoms with E-state index in [1.54, 1.807) is 18.5 Å². The van der Waals surface area contributed by atoms with Crippen molar-refractivity contribution >= 4 is 21.4 Å². The molecule has 0 aliphatic heterocycles. The molecule has 0 radical (unpaired) electrons. The molecule has 0 spiro atoms. The topological polar surface area (TPSA) is 107 Å². The molecular weight excluding hydrogens is 437 g/mol. The molecule has 1 amide bonds. The standard InChI is InChI=1S/C22H22FN3O5S/c1-30-19-8-6-17(11-20(19)31-2)32(28,29)21-10-16(23)5-7-18(21)25-14-22(27)26-13-15-4-3-9-24-12-15/h3-12,25H,13-14H2,1-2H3,(H,26,27). The van der Waals surface area contributed by atoms with Gasteiger partial charge in [0.25, 0.3) is 0 Å². The highest BCUT2D eigenvalue weighted by molar-refractivity contribution is 7.91. The van der Waals surface area contributed by atoms with Gasteiger partial charge in [-0.2, -0.15) is 0 Å². The van der Waals surface area contributed by atoms with Gasteiger partial charge in [0.2, 0.25) is 15.7 Å². The summed E-state index contributed by atoms with van der Waals surface area (Å²) in [7, 11) is -1.32. The van der Waals surface area contributed by atoms with Crippen LogP contribution in [-0.4, -0.2) is 40.1 Å². The Morgan fingerprint density at radius 1 is 1.06 bits per heavy atom. The van der Waals surface area contributed by atoms with Crippen LogP contribution in [0.5, 0.6) is 11.5 Å². The average Bonchev–Trinajstić information content (AvgIpc) is 2.82. The molecule has 0 aliphatic rings. The number of nitrogens with one attached hydrogen (secondary N) is 2. The van der Waals surface area contributed by atoms with Gasteiger partial charge >= 0.3 is 0 Å². The fraction of sp³-hybridized carbons (Fsp3) is 0.182. The maximum absolute atomic E-state index is 13.9. The third-order valence-corrected chi connectivity index (χ3v) is 6.34. The Kier molecular flexibility index (Phi) is 7.26. The van der Waals surface area contributed by atoms with Crippen molar-refractivity contribution in [1.29, 1.82) is 0 Å². The van der Waals surface area contributed by atoms with Crippen molar-refractivity contribution in [2.75, 3.05) is 26.1 Å².